The van der Waals surface area contributed by atoms with Crippen LogP contribution in [0.1, 0.15) is 58.2 Å². The lowest BCUT2D eigenvalue weighted by Crippen LogP contribution is -2.18. The van der Waals surface area contributed by atoms with Crippen molar-refractivity contribution in [2.45, 2.75) is 58.8 Å². The standard InChI is InChI=1S/C17H27O2P/c1-16(2,3)13-10-12(8-9-20(7)19)11-14(15(13)18)17(4,5)6/h10-11H,8-9H2,1-7H3/p+1. The summed E-state index contributed by atoms with van der Waals surface area (Å²) in [6.07, 6.45) is 1.51. The fraction of sp³-hybridized carbons (Fsp3) is 0.647. The molecule has 0 radical (unpaired) electrons. The maximum atomic E-state index is 11.3. The van der Waals surface area contributed by atoms with Gasteiger partial charge in [-0.05, 0) is 27.5 Å². The monoisotopic (exact) mass is 295 g/mol. The van der Waals surface area contributed by atoms with Crippen LogP contribution in [0.4, 0.5) is 0 Å². The van der Waals surface area contributed by atoms with E-state index in [4.69, 9.17) is 0 Å². The molecule has 20 heavy (non-hydrogen) atoms. The summed E-state index contributed by atoms with van der Waals surface area (Å²) < 4.78 is 11.3. The Morgan fingerprint density at radius 3 is 1.70 bits per heavy atom. The van der Waals surface area contributed by atoms with Crippen molar-refractivity contribution in [3.8, 4) is 5.75 Å². The number of hydrogen-bond acceptors (Lipinski definition) is 2. The van der Waals surface area contributed by atoms with Gasteiger partial charge in [0, 0.05) is 6.42 Å². The van der Waals surface area contributed by atoms with Crippen molar-refractivity contribution in [1.82, 2.24) is 0 Å². The van der Waals surface area contributed by atoms with Gasteiger partial charge < -0.3 is 5.11 Å². The largest absolute Gasteiger partial charge is 0.507 e. The molecule has 1 atom stereocenters. The van der Waals surface area contributed by atoms with Gasteiger partial charge in [-0.15, -0.1) is 0 Å². The molecule has 0 aliphatic heterocycles. The van der Waals surface area contributed by atoms with E-state index < -0.39 is 7.80 Å². The Bertz CT molecular complexity index is 470. The van der Waals surface area contributed by atoms with E-state index in [2.05, 4.69) is 53.7 Å². The Hall–Kier alpha value is -0.880. The molecule has 0 amide bonds. The molecule has 0 aliphatic carbocycles. The third-order valence-corrected chi connectivity index (χ3v) is 4.35. The second-order valence-corrected chi connectivity index (χ2v) is 9.34. The molecular formula is C17H28O2P+. The first-order chi connectivity index (χ1) is 8.93. The number of aryl methyl sites for hydroxylation is 1. The van der Waals surface area contributed by atoms with Crippen molar-refractivity contribution in [3.05, 3.63) is 28.8 Å². The Morgan fingerprint density at radius 2 is 1.40 bits per heavy atom. The van der Waals surface area contributed by atoms with Crippen LogP contribution in [0.25, 0.3) is 0 Å². The van der Waals surface area contributed by atoms with Crippen LogP contribution in [0.3, 0.4) is 0 Å². The van der Waals surface area contributed by atoms with E-state index in [1.807, 2.05) is 0 Å². The third-order valence-electron chi connectivity index (χ3n) is 3.50. The minimum absolute atomic E-state index is 0.103. The van der Waals surface area contributed by atoms with Gasteiger partial charge in [-0.1, -0.05) is 58.2 Å². The van der Waals surface area contributed by atoms with E-state index in [0.29, 0.717) is 11.9 Å². The molecule has 0 saturated heterocycles. The number of aromatic hydroxyl groups is 1. The van der Waals surface area contributed by atoms with E-state index in [1.54, 1.807) is 6.66 Å². The van der Waals surface area contributed by atoms with Gasteiger partial charge >= 0.3 is 7.80 Å². The molecule has 0 bridgehead atoms. The third kappa shape index (κ3) is 4.31. The van der Waals surface area contributed by atoms with Gasteiger partial charge in [0.1, 0.15) is 18.6 Å². The zero-order valence-electron chi connectivity index (χ0n) is 13.9. The smallest absolute Gasteiger partial charge is 0.335 e. The van der Waals surface area contributed by atoms with Crippen molar-refractivity contribution in [1.29, 1.82) is 0 Å². The van der Waals surface area contributed by atoms with Crippen LogP contribution in [-0.4, -0.2) is 17.9 Å². The minimum Gasteiger partial charge on any atom is -0.507 e. The second kappa shape index (κ2) is 5.85. The SMILES string of the molecule is C[P+](=O)CCc1cc(C(C)(C)C)c(O)c(C(C)(C)C)c1. The highest BCUT2D eigenvalue weighted by molar-refractivity contribution is 7.43. The summed E-state index contributed by atoms with van der Waals surface area (Å²) >= 11 is 0. The first-order valence-electron chi connectivity index (χ1n) is 7.18. The molecule has 1 rings (SSSR count). The van der Waals surface area contributed by atoms with Crippen LogP contribution in [0.5, 0.6) is 5.75 Å². The molecule has 0 spiro atoms. The molecular weight excluding hydrogens is 267 g/mol. The summed E-state index contributed by atoms with van der Waals surface area (Å²) in [6.45, 7) is 14.4. The van der Waals surface area contributed by atoms with Gasteiger partial charge in [0.25, 0.3) is 0 Å². The van der Waals surface area contributed by atoms with Crippen molar-refractivity contribution in [2.24, 2.45) is 0 Å². The predicted octanol–water partition coefficient (Wildman–Crippen LogP) is 4.99. The Labute approximate surface area is 124 Å². The number of benzene rings is 1. The van der Waals surface area contributed by atoms with Crippen LogP contribution in [0.2, 0.25) is 0 Å². The summed E-state index contributed by atoms with van der Waals surface area (Å²) in [4.78, 5) is 0. The fourth-order valence-corrected chi connectivity index (χ4v) is 2.84. The highest BCUT2D eigenvalue weighted by atomic mass is 31.1. The van der Waals surface area contributed by atoms with Crippen molar-refractivity contribution >= 4 is 7.80 Å². The lowest BCUT2D eigenvalue weighted by atomic mass is 9.78. The molecule has 3 heteroatoms. The average Bonchev–Trinajstić information content (AvgIpc) is 2.24. The lowest BCUT2D eigenvalue weighted by Gasteiger charge is -2.28. The molecule has 0 heterocycles. The van der Waals surface area contributed by atoms with Crippen LogP contribution < -0.4 is 0 Å². The van der Waals surface area contributed by atoms with E-state index in [0.717, 1.165) is 17.5 Å². The van der Waals surface area contributed by atoms with Crippen LogP contribution >= 0.6 is 7.80 Å². The first-order valence-corrected chi connectivity index (χ1v) is 9.07. The molecule has 1 N–H and O–H groups in total. The van der Waals surface area contributed by atoms with Gasteiger partial charge in [-0.25, -0.2) is 0 Å². The topological polar surface area (TPSA) is 37.3 Å². The van der Waals surface area contributed by atoms with Gasteiger partial charge in [0.05, 0.1) is 0 Å². The van der Waals surface area contributed by atoms with E-state index in [-0.39, 0.29) is 10.8 Å². The van der Waals surface area contributed by atoms with Crippen LogP contribution in [-0.2, 0) is 21.8 Å². The van der Waals surface area contributed by atoms with Crippen molar-refractivity contribution in [2.75, 3.05) is 12.8 Å². The molecule has 1 aromatic rings. The maximum absolute atomic E-state index is 11.3. The summed E-state index contributed by atoms with van der Waals surface area (Å²) in [6, 6.07) is 4.15. The van der Waals surface area contributed by atoms with Gasteiger partial charge in [-0.2, -0.15) is 0 Å². The van der Waals surface area contributed by atoms with E-state index in [1.165, 1.54) is 5.56 Å². The van der Waals surface area contributed by atoms with Crippen LogP contribution in [0, 0.1) is 0 Å². The van der Waals surface area contributed by atoms with E-state index >= 15 is 0 Å². The zero-order chi connectivity index (χ0) is 15.7. The summed E-state index contributed by atoms with van der Waals surface area (Å²) in [5.74, 6) is 0.412. The first kappa shape index (κ1) is 17.2. The summed E-state index contributed by atoms with van der Waals surface area (Å²) in [7, 11) is -1.12. The Morgan fingerprint density at radius 1 is 1.00 bits per heavy atom. The highest BCUT2D eigenvalue weighted by Gasteiger charge is 2.26. The molecule has 0 aromatic heterocycles. The lowest BCUT2D eigenvalue weighted by molar-refractivity contribution is 0.423. The molecule has 112 valence electrons. The van der Waals surface area contributed by atoms with Crippen molar-refractivity contribution in [3.63, 3.8) is 0 Å². The fourth-order valence-electron chi connectivity index (χ4n) is 2.27. The predicted molar refractivity (Wildman–Crippen MR) is 87.6 cm³/mol. The zero-order valence-corrected chi connectivity index (χ0v) is 14.8. The quantitative estimate of drug-likeness (QED) is 0.798. The van der Waals surface area contributed by atoms with Gasteiger partial charge in [0.2, 0.25) is 0 Å². The second-order valence-electron chi connectivity index (χ2n) is 7.64. The Kier molecular flexibility index (Phi) is 5.03. The Balaban J connectivity index is 3.38. The minimum atomic E-state index is -1.12. The summed E-state index contributed by atoms with van der Waals surface area (Å²) in [5.41, 5.74) is 2.92. The average molecular weight is 295 g/mol. The van der Waals surface area contributed by atoms with Crippen molar-refractivity contribution < 1.29 is 9.67 Å². The van der Waals surface area contributed by atoms with E-state index in [9.17, 15) is 9.67 Å². The molecule has 0 saturated carbocycles. The molecule has 0 aliphatic rings. The molecule has 1 aromatic carbocycles. The normalized spacial score (nSPS) is 13.4. The highest BCUT2D eigenvalue weighted by Crippen LogP contribution is 2.40. The van der Waals surface area contributed by atoms with Crippen LogP contribution in [0.15, 0.2) is 12.1 Å². The number of phenols is 1. The van der Waals surface area contributed by atoms with Gasteiger partial charge in [-0.3, -0.25) is 0 Å². The maximum Gasteiger partial charge on any atom is 0.335 e. The number of phenolic OH excluding ortho intramolecular Hbond substituents is 1. The molecule has 1 unspecified atom stereocenters. The number of rotatable bonds is 3. The van der Waals surface area contributed by atoms with Gasteiger partial charge in [0.15, 0.2) is 0 Å². The molecule has 0 fully saturated rings. The summed E-state index contributed by atoms with van der Waals surface area (Å²) in [5, 5.41) is 10.6. The molecule has 2 nitrogen and oxygen atoms in total. The number of hydrogen-bond donors (Lipinski definition) is 1.